The Morgan fingerprint density at radius 2 is 1.90 bits per heavy atom. The lowest BCUT2D eigenvalue weighted by atomic mass is 10.1. The molecule has 1 aromatic rings. The summed E-state index contributed by atoms with van der Waals surface area (Å²) in [6, 6.07) is 5.69. The average Bonchev–Trinajstić information content (AvgIpc) is 2.41. The van der Waals surface area contributed by atoms with Gasteiger partial charge in [0.25, 0.3) is 0 Å². The van der Waals surface area contributed by atoms with Crippen molar-refractivity contribution in [2.75, 3.05) is 11.9 Å². The van der Waals surface area contributed by atoms with Crippen molar-refractivity contribution in [1.82, 2.24) is 5.32 Å². The Balaban J connectivity index is 2.17. The van der Waals surface area contributed by atoms with Crippen molar-refractivity contribution >= 4 is 50.5 Å². The van der Waals surface area contributed by atoms with Crippen molar-refractivity contribution in [3.8, 4) is 0 Å². The number of hydrogen-bond acceptors (Lipinski definition) is 1. The van der Waals surface area contributed by atoms with Crippen LogP contribution in [0.2, 0.25) is 5.02 Å². The second-order valence-electron chi connectivity index (χ2n) is 4.77. The molecule has 0 spiro atoms. The van der Waals surface area contributed by atoms with Gasteiger partial charge in [0.1, 0.15) is 0 Å². The SMILES string of the molecule is CCCCCCCCNC(=S)Nc1ccc(Br)cc1Cl. The van der Waals surface area contributed by atoms with Crippen LogP contribution in [0.1, 0.15) is 45.4 Å². The monoisotopic (exact) mass is 376 g/mol. The lowest BCUT2D eigenvalue weighted by Crippen LogP contribution is -2.29. The molecule has 0 amide bonds. The van der Waals surface area contributed by atoms with E-state index in [-0.39, 0.29) is 0 Å². The molecule has 0 saturated carbocycles. The van der Waals surface area contributed by atoms with Crippen molar-refractivity contribution in [1.29, 1.82) is 0 Å². The zero-order valence-corrected chi connectivity index (χ0v) is 15.0. The van der Waals surface area contributed by atoms with Gasteiger partial charge in [-0.3, -0.25) is 0 Å². The zero-order chi connectivity index (χ0) is 14.8. The molecule has 2 nitrogen and oxygen atoms in total. The summed E-state index contributed by atoms with van der Waals surface area (Å²) >= 11 is 14.8. The number of nitrogens with one attached hydrogen (secondary N) is 2. The fourth-order valence-electron chi connectivity index (χ4n) is 1.86. The van der Waals surface area contributed by atoms with Gasteiger partial charge in [-0.05, 0) is 36.8 Å². The fourth-order valence-corrected chi connectivity index (χ4v) is 2.80. The number of hydrogen-bond donors (Lipinski definition) is 2. The first-order chi connectivity index (χ1) is 9.63. The van der Waals surface area contributed by atoms with Crippen molar-refractivity contribution < 1.29 is 0 Å². The molecule has 0 unspecified atom stereocenters. The van der Waals surface area contributed by atoms with Gasteiger partial charge >= 0.3 is 0 Å². The second kappa shape index (κ2) is 10.4. The van der Waals surface area contributed by atoms with Gasteiger partial charge in [0.2, 0.25) is 0 Å². The number of unbranched alkanes of at least 4 members (excludes halogenated alkanes) is 5. The number of halogens is 2. The molecule has 0 saturated heterocycles. The lowest BCUT2D eigenvalue weighted by molar-refractivity contribution is 0.603. The van der Waals surface area contributed by atoms with Gasteiger partial charge in [0, 0.05) is 11.0 Å². The standard InChI is InChI=1S/C15H22BrClN2S/c1-2-3-4-5-6-7-10-18-15(20)19-14-9-8-12(16)11-13(14)17/h8-9,11H,2-7,10H2,1H3,(H2,18,19,20). The number of rotatable bonds is 8. The van der Waals surface area contributed by atoms with Crippen molar-refractivity contribution in [3.05, 3.63) is 27.7 Å². The molecule has 0 aliphatic carbocycles. The average molecular weight is 378 g/mol. The van der Waals surface area contributed by atoms with E-state index in [0.29, 0.717) is 10.1 Å². The summed E-state index contributed by atoms with van der Waals surface area (Å²) in [5.74, 6) is 0. The fraction of sp³-hybridized carbons (Fsp3) is 0.533. The Labute approximate surface area is 140 Å². The van der Waals surface area contributed by atoms with Crippen molar-refractivity contribution in [2.45, 2.75) is 45.4 Å². The molecular weight excluding hydrogens is 356 g/mol. The third-order valence-corrected chi connectivity index (χ3v) is 4.05. The number of anilines is 1. The number of thiocarbonyl (C=S) groups is 1. The molecule has 0 fully saturated rings. The van der Waals surface area contributed by atoms with Crippen LogP contribution < -0.4 is 10.6 Å². The van der Waals surface area contributed by atoms with Gasteiger partial charge in [-0.1, -0.05) is 66.6 Å². The third-order valence-electron chi connectivity index (χ3n) is 3.00. The van der Waals surface area contributed by atoms with Crippen LogP contribution in [-0.2, 0) is 0 Å². The van der Waals surface area contributed by atoms with Crippen LogP contribution in [0.4, 0.5) is 5.69 Å². The summed E-state index contributed by atoms with van der Waals surface area (Å²) in [4.78, 5) is 0. The van der Waals surface area contributed by atoms with E-state index in [2.05, 4.69) is 33.5 Å². The summed E-state index contributed by atoms with van der Waals surface area (Å²) in [7, 11) is 0. The van der Waals surface area contributed by atoms with E-state index in [1.165, 1.54) is 32.1 Å². The summed E-state index contributed by atoms with van der Waals surface area (Å²) in [5, 5.41) is 7.61. The Morgan fingerprint density at radius 3 is 2.60 bits per heavy atom. The molecule has 0 atom stereocenters. The van der Waals surface area contributed by atoms with E-state index in [1.807, 2.05) is 18.2 Å². The minimum absolute atomic E-state index is 0.628. The van der Waals surface area contributed by atoms with Crippen LogP contribution in [0, 0.1) is 0 Å². The second-order valence-corrected chi connectivity index (χ2v) is 6.50. The van der Waals surface area contributed by atoms with Crippen molar-refractivity contribution in [3.63, 3.8) is 0 Å². The summed E-state index contributed by atoms with van der Waals surface area (Å²) in [5.41, 5.74) is 0.829. The van der Waals surface area contributed by atoms with Crippen molar-refractivity contribution in [2.24, 2.45) is 0 Å². The third kappa shape index (κ3) is 7.46. The van der Waals surface area contributed by atoms with Crippen LogP contribution in [0.15, 0.2) is 22.7 Å². The molecule has 2 N–H and O–H groups in total. The Kier molecular flexibility index (Phi) is 9.23. The number of benzene rings is 1. The zero-order valence-electron chi connectivity index (χ0n) is 11.8. The predicted octanol–water partition coefficient (Wildman–Crippen LogP) is 5.75. The Hall–Kier alpha value is -0.320. The Morgan fingerprint density at radius 1 is 1.20 bits per heavy atom. The molecule has 112 valence electrons. The first kappa shape index (κ1) is 17.7. The maximum atomic E-state index is 6.13. The molecule has 0 aliphatic heterocycles. The van der Waals surface area contributed by atoms with Gasteiger partial charge in [-0.2, -0.15) is 0 Å². The van der Waals surface area contributed by atoms with E-state index in [9.17, 15) is 0 Å². The van der Waals surface area contributed by atoms with Gasteiger partial charge in [0.15, 0.2) is 5.11 Å². The summed E-state index contributed by atoms with van der Waals surface area (Å²) < 4.78 is 0.957. The van der Waals surface area contributed by atoms with E-state index < -0.39 is 0 Å². The van der Waals surface area contributed by atoms with E-state index >= 15 is 0 Å². The van der Waals surface area contributed by atoms with E-state index in [0.717, 1.165) is 23.1 Å². The highest BCUT2D eigenvalue weighted by molar-refractivity contribution is 9.10. The molecule has 0 aromatic heterocycles. The summed E-state index contributed by atoms with van der Waals surface area (Å²) in [6.07, 6.45) is 7.70. The molecule has 5 heteroatoms. The van der Waals surface area contributed by atoms with Gasteiger partial charge < -0.3 is 10.6 Å². The molecule has 0 heterocycles. The molecule has 0 aliphatic rings. The van der Waals surface area contributed by atoms with Gasteiger partial charge in [-0.15, -0.1) is 0 Å². The maximum Gasteiger partial charge on any atom is 0.170 e. The first-order valence-electron chi connectivity index (χ1n) is 7.13. The highest BCUT2D eigenvalue weighted by atomic mass is 79.9. The topological polar surface area (TPSA) is 24.1 Å². The van der Waals surface area contributed by atoms with Crippen LogP contribution in [0.3, 0.4) is 0 Å². The molecule has 0 bridgehead atoms. The maximum absolute atomic E-state index is 6.13. The summed E-state index contributed by atoms with van der Waals surface area (Å²) in [6.45, 7) is 3.14. The quantitative estimate of drug-likeness (QED) is 0.445. The molecular formula is C15H22BrClN2S. The minimum Gasteiger partial charge on any atom is -0.362 e. The largest absolute Gasteiger partial charge is 0.362 e. The first-order valence-corrected chi connectivity index (χ1v) is 8.71. The normalized spacial score (nSPS) is 10.3. The van der Waals surface area contributed by atoms with E-state index in [1.54, 1.807) is 0 Å². The van der Waals surface area contributed by atoms with Crippen LogP contribution >= 0.6 is 39.7 Å². The highest BCUT2D eigenvalue weighted by Gasteiger charge is 2.02. The minimum atomic E-state index is 0.628. The lowest BCUT2D eigenvalue weighted by Gasteiger charge is -2.11. The molecule has 0 radical (unpaired) electrons. The van der Waals surface area contributed by atoms with Crippen LogP contribution in [-0.4, -0.2) is 11.7 Å². The molecule has 20 heavy (non-hydrogen) atoms. The van der Waals surface area contributed by atoms with Gasteiger partial charge in [-0.25, -0.2) is 0 Å². The predicted molar refractivity (Wildman–Crippen MR) is 96.8 cm³/mol. The van der Waals surface area contributed by atoms with Crippen LogP contribution in [0.5, 0.6) is 0 Å². The smallest absolute Gasteiger partial charge is 0.170 e. The molecule has 1 rings (SSSR count). The van der Waals surface area contributed by atoms with Crippen LogP contribution in [0.25, 0.3) is 0 Å². The molecule has 1 aromatic carbocycles. The van der Waals surface area contributed by atoms with E-state index in [4.69, 9.17) is 23.8 Å². The Bertz CT molecular complexity index is 426. The highest BCUT2D eigenvalue weighted by Crippen LogP contribution is 2.25. The van der Waals surface area contributed by atoms with Gasteiger partial charge in [0.05, 0.1) is 10.7 Å².